The van der Waals surface area contributed by atoms with Gasteiger partial charge in [-0.3, -0.25) is 0 Å². The van der Waals surface area contributed by atoms with Gasteiger partial charge in [0.2, 0.25) is 0 Å². The third kappa shape index (κ3) is 2.90. The van der Waals surface area contributed by atoms with E-state index in [4.69, 9.17) is 4.52 Å². The van der Waals surface area contributed by atoms with E-state index in [2.05, 4.69) is 57.5 Å². The van der Waals surface area contributed by atoms with E-state index in [1.54, 1.807) is 13.1 Å². The van der Waals surface area contributed by atoms with Gasteiger partial charge in [-0.05, 0) is 51.5 Å². The predicted molar refractivity (Wildman–Crippen MR) is 102 cm³/mol. The molecule has 6 heteroatoms. The summed E-state index contributed by atoms with van der Waals surface area (Å²) in [5.74, 6) is 1.02. The number of fused-ring (bicyclic) bond motifs is 1. The van der Waals surface area contributed by atoms with Crippen LogP contribution < -0.4 is 5.32 Å². The van der Waals surface area contributed by atoms with Crippen LogP contribution in [0, 0.1) is 27.7 Å². The van der Waals surface area contributed by atoms with Gasteiger partial charge in [0.1, 0.15) is 0 Å². The summed E-state index contributed by atoms with van der Waals surface area (Å²) < 4.78 is 5.39. The van der Waals surface area contributed by atoms with Crippen molar-refractivity contribution in [1.82, 2.24) is 20.1 Å². The second-order valence-electron chi connectivity index (χ2n) is 6.46. The number of hydrogen-bond donors (Lipinski definition) is 1. The number of anilines is 2. The van der Waals surface area contributed by atoms with Crippen molar-refractivity contribution in [1.29, 1.82) is 0 Å². The average molecular weight is 345 g/mol. The standard InChI is InChI=1S/C20H19N5O/c1-11-5-8-17(12(2)9-11)24-18-15-7-6-13(3)22-19(15)21-10-16(18)20-23-14(4)25-26-20/h5-10H,1-4H3,(H,21,22,24). The number of benzene rings is 1. The van der Waals surface area contributed by atoms with Gasteiger partial charge in [0.15, 0.2) is 11.5 Å². The van der Waals surface area contributed by atoms with E-state index < -0.39 is 0 Å². The van der Waals surface area contributed by atoms with Gasteiger partial charge >= 0.3 is 0 Å². The van der Waals surface area contributed by atoms with Crippen molar-refractivity contribution in [3.05, 3.63) is 59.2 Å². The minimum Gasteiger partial charge on any atom is -0.354 e. The highest BCUT2D eigenvalue weighted by Gasteiger charge is 2.17. The molecular weight excluding hydrogens is 326 g/mol. The number of hydrogen-bond acceptors (Lipinski definition) is 6. The molecule has 0 radical (unpaired) electrons. The van der Waals surface area contributed by atoms with Crippen molar-refractivity contribution in [2.75, 3.05) is 5.32 Å². The minimum atomic E-state index is 0.435. The first-order chi connectivity index (χ1) is 12.5. The molecule has 4 aromatic rings. The Hall–Kier alpha value is -3.28. The van der Waals surface area contributed by atoms with E-state index >= 15 is 0 Å². The Morgan fingerprint density at radius 1 is 0.962 bits per heavy atom. The molecule has 3 aromatic heterocycles. The van der Waals surface area contributed by atoms with Crippen LogP contribution >= 0.6 is 0 Å². The topological polar surface area (TPSA) is 76.7 Å². The molecule has 0 saturated carbocycles. The summed E-state index contributed by atoms with van der Waals surface area (Å²) in [6.45, 7) is 7.91. The van der Waals surface area contributed by atoms with Crippen LogP contribution in [0.15, 0.2) is 41.1 Å². The molecule has 0 amide bonds. The number of aromatic nitrogens is 4. The Bertz CT molecular complexity index is 1120. The molecule has 130 valence electrons. The highest BCUT2D eigenvalue weighted by atomic mass is 16.5. The van der Waals surface area contributed by atoms with E-state index in [9.17, 15) is 0 Å². The molecule has 4 rings (SSSR count). The third-order valence-electron chi connectivity index (χ3n) is 4.27. The van der Waals surface area contributed by atoms with Crippen LogP contribution in [0.4, 0.5) is 11.4 Å². The Kier molecular flexibility index (Phi) is 3.88. The molecule has 0 aliphatic carbocycles. The van der Waals surface area contributed by atoms with E-state index in [-0.39, 0.29) is 0 Å². The van der Waals surface area contributed by atoms with Crippen LogP contribution in [0.5, 0.6) is 0 Å². The van der Waals surface area contributed by atoms with E-state index in [0.29, 0.717) is 17.4 Å². The lowest BCUT2D eigenvalue weighted by atomic mass is 10.1. The van der Waals surface area contributed by atoms with E-state index in [0.717, 1.165) is 33.6 Å². The molecule has 6 nitrogen and oxygen atoms in total. The first-order valence-electron chi connectivity index (χ1n) is 8.42. The fraction of sp³-hybridized carbons (Fsp3) is 0.200. The summed E-state index contributed by atoms with van der Waals surface area (Å²) in [6, 6.07) is 10.3. The molecule has 1 N–H and O–H groups in total. The molecule has 0 unspecified atom stereocenters. The number of aryl methyl sites for hydroxylation is 4. The minimum absolute atomic E-state index is 0.435. The maximum absolute atomic E-state index is 5.39. The molecule has 0 spiro atoms. The monoisotopic (exact) mass is 345 g/mol. The van der Waals surface area contributed by atoms with Crippen LogP contribution in [0.25, 0.3) is 22.5 Å². The number of rotatable bonds is 3. The lowest BCUT2D eigenvalue weighted by molar-refractivity contribution is 0.425. The summed E-state index contributed by atoms with van der Waals surface area (Å²) >= 11 is 0. The number of nitrogens with one attached hydrogen (secondary N) is 1. The molecular formula is C20H19N5O. The summed E-state index contributed by atoms with van der Waals surface area (Å²) in [5.41, 5.74) is 6.60. The van der Waals surface area contributed by atoms with Gasteiger partial charge in [0.05, 0.1) is 11.3 Å². The van der Waals surface area contributed by atoms with E-state index in [1.807, 2.05) is 19.1 Å². The third-order valence-corrected chi connectivity index (χ3v) is 4.27. The fourth-order valence-electron chi connectivity index (χ4n) is 2.96. The van der Waals surface area contributed by atoms with Crippen LogP contribution in [-0.4, -0.2) is 20.1 Å². The Labute approximate surface area is 151 Å². The molecule has 1 aromatic carbocycles. The van der Waals surface area contributed by atoms with Crippen LogP contribution in [0.3, 0.4) is 0 Å². The van der Waals surface area contributed by atoms with Gasteiger partial charge in [-0.2, -0.15) is 4.98 Å². The molecule has 0 aliphatic heterocycles. The van der Waals surface area contributed by atoms with Crippen molar-refractivity contribution >= 4 is 22.4 Å². The summed E-state index contributed by atoms with van der Waals surface area (Å²) in [5, 5.41) is 8.34. The maximum atomic E-state index is 5.39. The van der Waals surface area contributed by atoms with Gasteiger partial charge < -0.3 is 9.84 Å². The Balaban J connectivity index is 1.94. The normalized spacial score (nSPS) is 11.1. The fourth-order valence-corrected chi connectivity index (χ4v) is 2.96. The Morgan fingerprint density at radius 2 is 1.81 bits per heavy atom. The highest BCUT2D eigenvalue weighted by molar-refractivity contribution is 5.98. The van der Waals surface area contributed by atoms with E-state index in [1.165, 1.54) is 5.56 Å². The smallest absolute Gasteiger partial charge is 0.261 e. The lowest BCUT2D eigenvalue weighted by Gasteiger charge is -2.15. The van der Waals surface area contributed by atoms with Crippen molar-refractivity contribution < 1.29 is 4.52 Å². The zero-order valence-electron chi connectivity index (χ0n) is 15.2. The second-order valence-corrected chi connectivity index (χ2v) is 6.46. The summed E-state index contributed by atoms with van der Waals surface area (Å²) in [6.07, 6.45) is 1.73. The Morgan fingerprint density at radius 3 is 2.54 bits per heavy atom. The molecule has 0 atom stereocenters. The zero-order valence-corrected chi connectivity index (χ0v) is 15.2. The molecule has 0 saturated heterocycles. The average Bonchev–Trinajstić information content (AvgIpc) is 3.03. The summed E-state index contributed by atoms with van der Waals surface area (Å²) in [4.78, 5) is 13.4. The highest BCUT2D eigenvalue weighted by Crippen LogP contribution is 2.35. The van der Waals surface area contributed by atoms with Gasteiger partial charge in [0, 0.05) is 23.0 Å². The van der Waals surface area contributed by atoms with Crippen molar-refractivity contribution in [3.8, 4) is 11.5 Å². The molecule has 0 bridgehead atoms. The van der Waals surface area contributed by atoms with Crippen molar-refractivity contribution in [2.24, 2.45) is 0 Å². The lowest BCUT2D eigenvalue weighted by Crippen LogP contribution is -2.00. The van der Waals surface area contributed by atoms with Crippen molar-refractivity contribution in [3.63, 3.8) is 0 Å². The number of pyridine rings is 2. The number of nitrogens with zero attached hydrogens (tertiary/aromatic N) is 4. The van der Waals surface area contributed by atoms with Gasteiger partial charge in [-0.15, -0.1) is 0 Å². The van der Waals surface area contributed by atoms with Crippen LogP contribution in [0.1, 0.15) is 22.6 Å². The van der Waals surface area contributed by atoms with Gasteiger partial charge in [0.25, 0.3) is 5.89 Å². The van der Waals surface area contributed by atoms with Gasteiger partial charge in [-0.1, -0.05) is 22.9 Å². The second kappa shape index (κ2) is 6.22. The zero-order chi connectivity index (χ0) is 18.3. The molecule has 0 aliphatic rings. The molecule has 26 heavy (non-hydrogen) atoms. The largest absolute Gasteiger partial charge is 0.354 e. The first-order valence-corrected chi connectivity index (χ1v) is 8.42. The van der Waals surface area contributed by atoms with Crippen molar-refractivity contribution in [2.45, 2.75) is 27.7 Å². The summed E-state index contributed by atoms with van der Waals surface area (Å²) in [7, 11) is 0. The predicted octanol–water partition coefficient (Wildman–Crippen LogP) is 4.66. The SMILES string of the molecule is Cc1ccc(Nc2c(-c3nc(C)no3)cnc3nc(C)ccc23)c(C)c1. The molecule has 3 heterocycles. The van der Waals surface area contributed by atoms with Crippen LogP contribution in [-0.2, 0) is 0 Å². The maximum Gasteiger partial charge on any atom is 0.261 e. The molecule has 0 fully saturated rings. The quantitative estimate of drug-likeness (QED) is 0.582. The first kappa shape index (κ1) is 16.2. The van der Waals surface area contributed by atoms with Gasteiger partial charge in [-0.25, -0.2) is 9.97 Å². The van der Waals surface area contributed by atoms with Crippen LogP contribution in [0.2, 0.25) is 0 Å².